The van der Waals surface area contributed by atoms with E-state index in [1.807, 2.05) is 37.3 Å². The van der Waals surface area contributed by atoms with Crippen LogP contribution in [0, 0.1) is 0 Å². The van der Waals surface area contributed by atoms with Crippen LogP contribution in [-0.4, -0.2) is 31.4 Å². The fourth-order valence-corrected chi connectivity index (χ4v) is 3.24. The molecule has 1 unspecified atom stereocenters. The number of hydrogen-bond acceptors (Lipinski definition) is 5. The topological polar surface area (TPSA) is 65.0 Å². The minimum absolute atomic E-state index is 0.433. The molecule has 1 aliphatic carbocycles. The van der Waals surface area contributed by atoms with Crippen LogP contribution in [0.1, 0.15) is 25.0 Å². The lowest BCUT2D eigenvalue weighted by molar-refractivity contribution is -0.134. The molecule has 1 atom stereocenters. The molecule has 1 aliphatic heterocycles. The van der Waals surface area contributed by atoms with Crippen molar-refractivity contribution in [3.05, 3.63) is 70.8 Å². The van der Waals surface area contributed by atoms with E-state index in [0.29, 0.717) is 29.9 Å². The van der Waals surface area contributed by atoms with Crippen LogP contribution in [0.15, 0.2) is 59.7 Å². The molecule has 3 rings (SSSR count). The normalized spacial score (nSPS) is 25.1. The van der Waals surface area contributed by atoms with E-state index in [4.69, 9.17) is 9.47 Å². The summed E-state index contributed by atoms with van der Waals surface area (Å²) in [7, 11) is 1.33. The number of carbonyl (C=O) groups excluding carboxylic acids is 1. The smallest absolute Gasteiger partial charge is 0.330 e. The summed E-state index contributed by atoms with van der Waals surface area (Å²) < 4.78 is 16.3. The van der Waals surface area contributed by atoms with Crippen molar-refractivity contribution < 1.29 is 24.1 Å². The third-order valence-electron chi connectivity index (χ3n) is 4.57. The molecule has 1 fully saturated rings. The number of hydrogen-bond donors (Lipinski definition) is 1. The molecular weight excluding hydrogens is 320 g/mol. The van der Waals surface area contributed by atoms with Crippen molar-refractivity contribution in [3.63, 3.8) is 0 Å². The van der Waals surface area contributed by atoms with E-state index in [0.717, 1.165) is 5.56 Å². The molecule has 1 spiro atoms. The minimum atomic E-state index is -1.30. The van der Waals surface area contributed by atoms with Gasteiger partial charge in [-0.25, -0.2) is 4.79 Å². The number of benzene rings is 1. The lowest BCUT2D eigenvalue weighted by atomic mass is 9.76. The molecule has 1 aromatic rings. The predicted molar refractivity (Wildman–Crippen MR) is 92.6 cm³/mol. The molecule has 132 valence electrons. The summed E-state index contributed by atoms with van der Waals surface area (Å²) >= 11 is 0. The van der Waals surface area contributed by atoms with Crippen LogP contribution >= 0.6 is 0 Å². The number of methoxy groups -OCH3 is 1. The van der Waals surface area contributed by atoms with E-state index in [-0.39, 0.29) is 0 Å². The highest BCUT2D eigenvalue weighted by atomic mass is 16.7. The van der Waals surface area contributed by atoms with Crippen LogP contribution in [0.2, 0.25) is 0 Å². The van der Waals surface area contributed by atoms with Crippen LogP contribution in [0.5, 0.6) is 0 Å². The molecule has 1 aromatic carbocycles. The second-order valence-electron chi connectivity index (χ2n) is 6.25. The number of esters is 1. The standard InChI is InChI=1S/C20H22O5/c1-14(12-18(21)23-3)8-9-19(22)15(2)13-20(24-10-11-25-20)17-7-5-4-6-16(17)19/h4-9,12-13,22H,10-11H2,1-3H3/b9-8+,14-12-. The Morgan fingerprint density at radius 1 is 1.24 bits per heavy atom. The van der Waals surface area contributed by atoms with Crippen LogP contribution in [-0.2, 0) is 30.4 Å². The number of allylic oxidation sites excluding steroid dienone is 2. The summed E-state index contributed by atoms with van der Waals surface area (Å²) in [5.41, 5.74) is 1.58. The van der Waals surface area contributed by atoms with Crippen molar-refractivity contribution >= 4 is 5.97 Å². The molecule has 0 aromatic heterocycles. The van der Waals surface area contributed by atoms with Crippen molar-refractivity contribution in [2.45, 2.75) is 25.2 Å². The van der Waals surface area contributed by atoms with Crippen molar-refractivity contribution in [2.75, 3.05) is 20.3 Å². The monoisotopic (exact) mass is 342 g/mol. The van der Waals surface area contributed by atoms with Gasteiger partial charge in [0.15, 0.2) is 0 Å². The summed E-state index contributed by atoms with van der Waals surface area (Å²) in [6, 6.07) is 7.53. The fourth-order valence-electron chi connectivity index (χ4n) is 3.24. The first-order valence-corrected chi connectivity index (χ1v) is 8.17. The zero-order valence-corrected chi connectivity index (χ0v) is 14.6. The van der Waals surface area contributed by atoms with Gasteiger partial charge in [0, 0.05) is 17.2 Å². The van der Waals surface area contributed by atoms with Crippen LogP contribution in [0.25, 0.3) is 0 Å². The Morgan fingerprint density at radius 3 is 2.52 bits per heavy atom. The summed E-state index contributed by atoms with van der Waals surface area (Å²) in [5, 5.41) is 11.4. The number of carbonyl (C=O) groups is 1. The van der Waals surface area contributed by atoms with Crippen LogP contribution in [0.4, 0.5) is 0 Å². The summed E-state index contributed by atoms with van der Waals surface area (Å²) in [5.74, 6) is -1.37. The second-order valence-corrected chi connectivity index (χ2v) is 6.25. The highest BCUT2D eigenvalue weighted by Crippen LogP contribution is 2.47. The largest absolute Gasteiger partial charge is 0.466 e. The van der Waals surface area contributed by atoms with Gasteiger partial charge in [0.1, 0.15) is 5.60 Å². The molecule has 0 amide bonds. The lowest BCUT2D eigenvalue weighted by Gasteiger charge is -2.39. The van der Waals surface area contributed by atoms with E-state index in [9.17, 15) is 9.90 Å². The molecular formula is C20H22O5. The number of rotatable bonds is 3. The molecule has 0 radical (unpaired) electrons. The lowest BCUT2D eigenvalue weighted by Crippen LogP contribution is -2.38. The first-order chi connectivity index (χ1) is 11.9. The van der Waals surface area contributed by atoms with Gasteiger partial charge in [-0.15, -0.1) is 0 Å². The van der Waals surface area contributed by atoms with Gasteiger partial charge in [-0.3, -0.25) is 0 Å². The molecule has 1 saturated heterocycles. The third-order valence-corrected chi connectivity index (χ3v) is 4.57. The number of fused-ring (bicyclic) bond motifs is 2. The maximum Gasteiger partial charge on any atom is 0.330 e. The maximum atomic E-state index is 11.4. The summed E-state index contributed by atoms with van der Waals surface area (Å²) in [4.78, 5) is 11.3. The first-order valence-electron chi connectivity index (χ1n) is 8.17. The van der Waals surface area contributed by atoms with Gasteiger partial charge in [0.25, 0.3) is 0 Å². The van der Waals surface area contributed by atoms with Gasteiger partial charge >= 0.3 is 5.97 Å². The number of ether oxygens (including phenoxy) is 3. The Bertz CT molecular complexity index is 768. The van der Waals surface area contributed by atoms with Crippen molar-refractivity contribution in [1.29, 1.82) is 0 Å². The molecule has 0 bridgehead atoms. The molecule has 0 saturated carbocycles. The zero-order chi connectivity index (χ0) is 18.1. The van der Waals surface area contributed by atoms with Gasteiger partial charge in [-0.05, 0) is 37.1 Å². The highest BCUT2D eigenvalue weighted by molar-refractivity contribution is 5.83. The maximum absolute atomic E-state index is 11.4. The van der Waals surface area contributed by atoms with Gasteiger partial charge in [-0.1, -0.05) is 30.3 Å². The SMILES string of the molecule is COC(=O)/C=C(C)\C=C\C1(O)C(C)=CC2(OCCO2)c2ccccc21. The van der Waals surface area contributed by atoms with E-state index in [2.05, 4.69) is 4.74 Å². The Kier molecular flexibility index (Phi) is 4.64. The number of aliphatic hydroxyl groups is 1. The minimum Gasteiger partial charge on any atom is -0.466 e. The first kappa shape index (κ1) is 17.6. The quantitative estimate of drug-likeness (QED) is 0.396. The van der Waals surface area contributed by atoms with E-state index < -0.39 is 17.4 Å². The van der Waals surface area contributed by atoms with Crippen molar-refractivity contribution in [3.8, 4) is 0 Å². The molecule has 1 N–H and O–H groups in total. The molecule has 5 heteroatoms. The van der Waals surface area contributed by atoms with Gasteiger partial charge in [0.05, 0.1) is 20.3 Å². The average Bonchev–Trinajstić information content (AvgIpc) is 3.07. The van der Waals surface area contributed by atoms with Crippen molar-refractivity contribution in [2.24, 2.45) is 0 Å². The van der Waals surface area contributed by atoms with Gasteiger partial charge in [0.2, 0.25) is 5.79 Å². The second kappa shape index (κ2) is 6.59. The molecule has 2 aliphatic rings. The van der Waals surface area contributed by atoms with Crippen LogP contribution in [0.3, 0.4) is 0 Å². The Labute approximate surface area is 147 Å². The van der Waals surface area contributed by atoms with E-state index >= 15 is 0 Å². The van der Waals surface area contributed by atoms with Gasteiger partial charge in [-0.2, -0.15) is 0 Å². The Morgan fingerprint density at radius 2 is 1.88 bits per heavy atom. The molecule has 25 heavy (non-hydrogen) atoms. The third kappa shape index (κ3) is 3.06. The van der Waals surface area contributed by atoms with Crippen LogP contribution < -0.4 is 0 Å². The summed E-state index contributed by atoms with van der Waals surface area (Å²) in [6.07, 6.45) is 6.58. The van der Waals surface area contributed by atoms with E-state index in [1.165, 1.54) is 13.2 Å². The van der Waals surface area contributed by atoms with Gasteiger partial charge < -0.3 is 19.3 Å². The highest BCUT2D eigenvalue weighted by Gasteiger charge is 2.47. The molecule has 1 heterocycles. The average molecular weight is 342 g/mol. The Hall–Kier alpha value is -2.21. The van der Waals surface area contributed by atoms with Crippen molar-refractivity contribution in [1.82, 2.24) is 0 Å². The Balaban J connectivity index is 2.04. The zero-order valence-electron chi connectivity index (χ0n) is 14.6. The molecule has 5 nitrogen and oxygen atoms in total. The summed E-state index contributed by atoms with van der Waals surface area (Å²) in [6.45, 7) is 4.63. The predicted octanol–water partition coefficient (Wildman–Crippen LogP) is 2.71. The fraction of sp³-hybridized carbons (Fsp3) is 0.350. The van der Waals surface area contributed by atoms with E-state index in [1.54, 1.807) is 19.1 Å².